The zero-order valence-electron chi connectivity index (χ0n) is 12.5. The molecular formula is C18H24O2. The van der Waals surface area contributed by atoms with Crippen molar-refractivity contribution in [1.82, 2.24) is 0 Å². The van der Waals surface area contributed by atoms with Crippen molar-refractivity contribution in [2.45, 2.75) is 52.4 Å². The van der Waals surface area contributed by atoms with Crippen LogP contribution < -0.4 is 0 Å². The van der Waals surface area contributed by atoms with Gasteiger partial charge >= 0.3 is 0 Å². The fourth-order valence-corrected chi connectivity index (χ4v) is 4.29. The Morgan fingerprint density at radius 2 is 1.20 bits per heavy atom. The largest absolute Gasteiger partial charge is 0.299 e. The van der Waals surface area contributed by atoms with E-state index in [2.05, 4.69) is 26.0 Å². The van der Waals surface area contributed by atoms with Crippen LogP contribution in [0.2, 0.25) is 0 Å². The van der Waals surface area contributed by atoms with Gasteiger partial charge in [-0.15, -0.1) is 0 Å². The van der Waals surface area contributed by atoms with E-state index in [1.165, 1.54) is 11.1 Å². The number of hydrogen-bond donors (Lipinski definition) is 0. The molecule has 0 aromatic heterocycles. The van der Waals surface area contributed by atoms with Crippen molar-refractivity contribution in [2.75, 3.05) is 0 Å². The molecule has 0 bridgehead atoms. The summed E-state index contributed by atoms with van der Waals surface area (Å²) in [5.41, 5.74) is 2.73. The van der Waals surface area contributed by atoms with E-state index < -0.39 is 0 Å². The van der Waals surface area contributed by atoms with Crippen LogP contribution in [0.1, 0.15) is 52.4 Å². The van der Waals surface area contributed by atoms with E-state index in [-0.39, 0.29) is 23.7 Å². The normalized spacial score (nSPS) is 36.9. The quantitative estimate of drug-likeness (QED) is 0.715. The van der Waals surface area contributed by atoms with Gasteiger partial charge < -0.3 is 0 Å². The van der Waals surface area contributed by atoms with Gasteiger partial charge in [-0.3, -0.25) is 9.59 Å². The molecule has 108 valence electrons. The van der Waals surface area contributed by atoms with Gasteiger partial charge in [0.15, 0.2) is 0 Å². The van der Waals surface area contributed by atoms with Crippen molar-refractivity contribution in [3.63, 3.8) is 0 Å². The van der Waals surface area contributed by atoms with Gasteiger partial charge in [0.25, 0.3) is 0 Å². The van der Waals surface area contributed by atoms with Crippen LogP contribution in [0.5, 0.6) is 0 Å². The number of fused-ring (bicyclic) bond motifs is 2. The van der Waals surface area contributed by atoms with E-state index in [1.54, 1.807) is 0 Å². The van der Waals surface area contributed by atoms with Crippen molar-refractivity contribution in [1.29, 1.82) is 0 Å². The van der Waals surface area contributed by atoms with Crippen molar-refractivity contribution in [3.8, 4) is 0 Å². The Morgan fingerprint density at radius 1 is 0.800 bits per heavy atom. The van der Waals surface area contributed by atoms with Crippen LogP contribution in [0.25, 0.3) is 0 Å². The Labute approximate surface area is 121 Å². The molecule has 3 aliphatic rings. The van der Waals surface area contributed by atoms with Crippen molar-refractivity contribution in [3.05, 3.63) is 23.3 Å². The number of allylic oxidation sites excluding steroid dienone is 4. The lowest BCUT2D eigenvalue weighted by Crippen LogP contribution is -2.49. The Bertz CT molecular complexity index is 452. The lowest BCUT2D eigenvalue weighted by Gasteiger charge is -2.42. The second-order valence-corrected chi connectivity index (χ2v) is 6.54. The zero-order chi connectivity index (χ0) is 14.3. The van der Waals surface area contributed by atoms with E-state index in [0.717, 1.165) is 38.5 Å². The first kappa shape index (κ1) is 13.8. The van der Waals surface area contributed by atoms with Crippen LogP contribution in [0.4, 0.5) is 0 Å². The smallest absolute Gasteiger partial charge is 0.141 e. The van der Waals surface area contributed by atoms with Crippen LogP contribution in [0, 0.1) is 23.7 Å². The third kappa shape index (κ3) is 2.10. The minimum atomic E-state index is -0.0183. The third-order valence-corrected chi connectivity index (χ3v) is 5.63. The summed E-state index contributed by atoms with van der Waals surface area (Å²) in [6.45, 7) is 4.28. The highest BCUT2D eigenvalue weighted by Gasteiger charge is 2.50. The molecule has 1 saturated carbocycles. The summed E-state index contributed by atoms with van der Waals surface area (Å²) in [6, 6.07) is 0. The van der Waals surface area contributed by atoms with Crippen LogP contribution in [-0.4, -0.2) is 11.6 Å². The van der Waals surface area contributed by atoms with E-state index in [0.29, 0.717) is 11.6 Å². The number of hydrogen-bond acceptors (Lipinski definition) is 2. The molecule has 0 unspecified atom stereocenters. The molecule has 0 aromatic rings. The molecule has 0 amide bonds. The Morgan fingerprint density at radius 3 is 1.55 bits per heavy atom. The van der Waals surface area contributed by atoms with Crippen molar-refractivity contribution >= 4 is 11.6 Å². The average molecular weight is 272 g/mol. The van der Waals surface area contributed by atoms with E-state index in [4.69, 9.17) is 0 Å². The molecule has 0 aliphatic heterocycles. The van der Waals surface area contributed by atoms with Crippen molar-refractivity contribution in [2.24, 2.45) is 23.7 Å². The summed E-state index contributed by atoms with van der Waals surface area (Å²) in [6.07, 6.45) is 9.72. The monoisotopic (exact) mass is 272 g/mol. The topological polar surface area (TPSA) is 34.1 Å². The molecule has 20 heavy (non-hydrogen) atoms. The molecule has 3 aliphatic carbocycles. The summed E-state index contributed by atoms with van der Waals surface area (Å²) >= 11 is 0. The number of carbonyl (C=O) groups excluding carboxylic acids is 2. The molecule has 0 N–H and O–H groups in total. The molecule has 4 atom stereocenters. The summed E-state index contributed by atoms with van der Waals surface area (Å²) < 4.78 is 0. The molecule has 0 heterocycles. The van der Waals surface area contributed by atoms with E-state index in [1.807, 2.05) is 0 Å². The molecule has 2 nitrogen and oxygen atoms in total. The van der Waals surface area contributed by atoms with Crippen LogP contribution in [-0.2, 0) is 9.59 Å². The second-order valence-electron chi connectivity index (χ2n) is 6.54. The number of Topliss-reactive ketones (excluding diaryl/α,β-unsaturated/α-hetero) is 2. The summed E-state index contributed by atoms with van der Waals surface area (Å²) in [7, 11) is 0. The average Bonchev–Trinajstić information content (AvgIpc) is 2.51. The Kier molecular flexibility index (Phi) is 3.66. The molecule has 0 spiro atoms. The summed E-state index contributed by atoms with van der Waals surface area (Å²) in [5, 5.41) is 0. The molecular weight excluding hydrogens is 248 g/mol. The minimum Gasteiger partial charge on any atom is -0.299 e. The second kappa shape index (κ2) is 5.31. The standard InChI is InChI=1S/C18H24O2/c1-3-11-5-7-13-15(9-11)17(19)14-8-6-12(4-2)10-16(14)18(13)20/h5-6,13-16H,3-4,7-10H2,1-2H3/t13-,14+,15-,16-/m0/s1. The molecule has 0 saturated heterocycles. The van der Waals surface area contributed by atoms with Gasteiger partial charge in [-0.1, -0.05) is 37.1 Å². The molecule has 0 radical (unpaired) electrons. The van der Waals surface area contributed by atoms with Gasteiger partial charge in [0.05, 0.1) is 0 Å². The maximum Gasteiger partial charge on any atom is 0.141 e. The van der Waals surface area contributed by atoms with Crippen LogP contribution in [0.3, 0.4) is 0 Å². The van der Waals surface area contributed by atoms with Gasteiger partial charge in [0.2, 0.25) is 0 Å². The third-order valence-electron chi connectivity index (χ3n) is 5.63. The first-order valence-corrected chi connectivity index (χ1v) is 8.08. The van der Waals surface area contributed by atoms with Crippen LogP contribution in [0.15, 0.2) is 23.3 Å². The maximum atomic E-state index is 12.8. The fraction of sp³-hybridized carbons (Fsp3) is 0.667. The van der Waals surface area contributed by atoms with E-state index >= 15 is 0 Å². The van der Waals surface area contributed by atoms with Gasteiger partial charge in [-0.25, -0.2) is 0 Å². The summed E-state index contributed by atoms with van der Waals surface area (Å²) in [5.74, 6) is 0.696. The molecule has 2 heteroatoms. The number of rotatable bonds is 2. The highest BCUT2D eigenvalue weighted by molar-refractivity contribution is 6.00. The lowest BCUT2D eigenvalue weighted by atomic mass is 9.59. The minimum absolute atomic E-state index is 0.0136. The van der Waals surface area contributed by atoms with Crippen molar-refractivity contribution < 1.29 is 9.59 Å². The predicted octanol–water partition coefficient (Wildman–Crippen LogP) is 3.86. The van der Waals surface area contributed by atoms with E-state index in [9.17, 15) is 9.59 Å². The molecule has 3 rings (SSSR count). The first-order valence-electron chi connectivity index (χ1n) is 8.08. The van der Waals surface area contributed by atoms with Gasteiger partial charge in [0.1, 0.15) is 11.6 Å². The lowest BCUT2D eigenvalue weighted by molar-refractivity contribution is -0.147. The van der Waals surface area contributed by atoms with Crippen LogP contribution >= 0.6 is 0 Å². The predicted molar refractivity (Wildman–Crippen MR) is 79.2 cm³/mol. The number of carbonyl (C=O) groups is 2. The van der Waals surface area contributed by atoms with Gasteiger partial charge in [0, 0.05) is 23.7 Å². The maximum absolute atomic E-state index is 12.8. The Balaban J connectivity index is 1.88. The highest BCUT2D eigenvalue weighted by Crippen LogP contribution is 2.46. The zero-order valence-corrected chi connectivity index (χ0v) is 12.5. The van der Waals surface area contributed by atoms with Gasteiger partial charge in [-0.05, 0) is 38.5 Å². The van der Waals surface area contributed by atoms with Gasteiger partial charge in [-0.2, -0.15) is 0 Å². The fourth-order valence-electron chi connectivity index (χ4n) is 4.29. The number of ketones is 2. The summed E-state index contributed by atoms with van der Waals surface area (Å²) in [4.78, 5) is 25.6. The Hall–Kier alpha value is -1.18. The highest BCUT2D eigenvalue weighted by atomic mass is 16.1. The molecule has 1 fully saturated rings. The SMILES string of the molecule is CCC1=CC[C@@H]2C(=O)[C@H]3CC(CC)=CC[C@H]3C(=O)[C@H]2C1. The molecule has 0 aromatic carbocycles. The first-order chi connectivity index (χ1) is 9.65.